The Morgan fingerprint density at radius 1 is 1.00 bits per heavy atom. The SMILES string of the molecule is Cc1ccc2c(C(=O)N[C@H]3C[C@H]4CC[C@@H](C3)N4C)c(-c3ccccc3)n(C)c2c1.Cl. The third kappa shape index (κ3) is 3.42. The number of rotatable bonds is 3. The van der Waals surface area contributed by atoms with Crippen molar-refractivity contribution >= 4 is 29.2 Å². The summed E-state index contributed by atoms with van der Waals surface area (Å²) in [5.74, 6) is 0.0623. The second-order valence-corrected chi connectivity index (χ2v) is 8.86. The maximum atomic E-state index is 13.6. The molecule has 0 unspecified atom stereocenters. The minimum absolute atomic E-state index is 0. The standard InChI is InChI=1S/C25H29N3O.ClH/c1-16-9-12-21-22(13-16)28(3)24(17-7-5-4-6-8-17)23(21)25(29)26-18-14-19-10-11-20(15-18)27(19)2;/h4-9,12-13,18-20H,10-11,14-15H2,1-3H3,(H,26,29);1H/t18-,19+,20-;. The summed E-state index contributed by atoms with van der Waals surface area (Å²) in [5, 5.41) is 4.44. The average molecular weight is 424 g/mol. The van der Waals surface area contributed by atoms with Gasteiger partial charge in [0, 0.05) is 36.1 Å². The molecule has 5 rings (SSSR count). The topological polar surface area (TPSA) is 37.3 Å². The van der Waals surface area contributed by atoms with Crippen LogP contribution in [-0.2, 0) is 7.05 Å². The van der Waals surface area contributed by atoms with Crippen LogP contribution in [0.1, 0.15) is 41.6 Å². The van der Waals surface area contributed by atoms with Gasteiger partial charge in [-0.05, 0) is 56.8 Å². The smallest absolute Gasteiger partial charge is 0.254 e. The van der Waals surface area contributed by atoms with Crippen LogP contribution < -0.4 is 5.32 Å². The van der Waals surface area contributed by atoms with E-state index in [-0.39, 0.29) is 24.4 Å². The maximum Gasteiger partial charge on any atom is 0.254 e. The molecule has 3 atom stereocenters. The Hall–Kier alpha value is -2.30. The fraction of sp³-hybridized carbons (Fsp3) is 0.400. The molecule has 2 saturated heterocycles. The number of piperidine rings is 1. The maximum absolute atomic E-state index is 13.6. The summed E-state index contributed by atoms with van der Waals surface area (Å²) in [5.41, 5.74) is 5.20. The monoisotopic (exact) mass is 423 g/mol. The minimum atomic E-state index is 0. The van der Waals surface area contributed by atoms with E-state index in [0.29, 0.717) is 12.1 Å². The Balaban J connectivity index is 0.00000218. The molecule has 1 amide bonds. The van der Waals surface area contributed by atoms with Gasteiger partial charge < -0.3 is 14.8 Å². The highest BCUT2D eigenvalue weighted by atomic mass is 35.5. The number of nitrogens with one attached hydrogen (secondary N) is 1. The number of nitrogens with zero attached hydrogens (tertiary/aromatic N) is 2. The van der Waals surface area contributed by atoms with Crippen LogP contribution in [0.2, 0.25) is 0 Å². The van der Waals surface area contributed by atoms with E-state index in [1.54, 1.807) is 0 Å². The van der Waals surface area contributed by atoms with Crippen LogP contribution in [0.4, 0.5) is 0 Å². The molecule has 1 N–H and O–H groups in total. The lowest BCUT2D eigenvalue weighted by molar-refractivity contribution is 0.0884. The summed E-state index contributed by atoms with van der Waals surface area (Å²) in [6.45, 7) is 2.10. The molecule has 3 heterocycles. The summed E-state index contributed by atoms with van der Waals surface area (Å²) in [4.78, 5) is 16.1. The van der Waals surface area contributed by atoms with Gasteiger partial charge in [-0.1, -0.05) is 42.5 Å². The van der Waals surface area contributed by atoms with Crippen molar-refractivity contribution in [1.29, 1.82) is 0 Å². The highest BCUT2D eigenvalue weighted by molar-refractivity contribution is 6.13. The molecule has 1 aromatic heterocycles. The number of carbonyl (C=O) groups excluding carboxylic acids is 1. The van der Waals surface area contributed by atoms with E-state index in [0.717, 1.165) is 40.6 Å². The quantitative estimate of drug-likeness (QED) is 0.648. The number of halogens is 1. The molecule has 2 bridgehead atoms. The molecule has 0 spiro atoms. The van der Waals surface area contributed by atoms with E-state index < -0.39 is 0 Å². The zero-order valence-corrected chi connectivity index (χ0v) is 18.7. The molecule has 5 heteroatoms. The highest BCUT2D eigenvalue weighted by Crippen LogP contribution is 2.36. The lowest BCUT2D eigenvalue weighted by atomic mass is 9.97. The van der Waals surface area contributed by atoms with Crippen molar-refractivity contribution in [3.05, 3.63) is 59.7 Å². The summed E-state index contributed by atoms with van der Waals surface area (Å²) < 4.78 is 2.17. The predicted octanol–water partition coefficient (Wildman–Crippen LogP) is 4.93. The molecule has 2 fully saturated rings. The Kier molecular flexibility index (Phi) is 5.65. The largest absolute Gasteiger partial charge is 0.349 e. The number of fused-ring (bicyclic) bond motifs is 3. The number of aromatic nitrogens is 1. The van der Waals surface area contributed by atoms with E-state index >= 15 is 0 Å². The molecular weight excluding hydrogens is 394 g/mol. The molecule has 0 saturated carbocycles. The fourth-order valence-corrected chi connectivity index (χ4v) is 5.50. The van der Waals surface area contributed by atoms with E-state index in [2.05, 4.69) is 66.1 Å². The van der Waals surface area contributed by atoms with Gasteiger partial charge in [-0.15, -0.1) is 12.4 Å². The molecule has 2 aliphatic rings. The van der Waals surface area contributed by atoms with Gasteiger partial charge in [0.1, 0.15) is 0 Å². The number of aryl methyl sites for hydroxylation is 2. The lowest BCUT2D eigenvalue weighted by Gasteiger charge is -2.36. The predicted molar refractivity (Wildman–Crippen MR) is 125 cm³/mol. The Morgan fingerprint density at radius 3 is 2.33 bits per heavy atom. The van der Waals surface area contributed by atoms with Crippen molar-refractivity contribution in [3.8, 4) is 11.3 Å². The van der Waals surface area contributed by atoms with Crippen molar-refractivity contribution in [2.75, 3.05) is 7.05 Å². The third-order valence-corrected chi connectivity index (χ3v) is 7.06. The molecule has 2 aliphatic heterocycles. The summed E-state index contributed by atoms with van der Waals surface area (Å²) in [6, 6.07) is 18.1. The molecule has 0 radical (unpaired) electrons. The van der Waals surface area contributed by atoms with E-state index in [9.17, 15) is 4.79 Å². The van der Waals surface area contributed by atoms with Crippen LogP contribution in [0, 0.1) is 6.92 Å². The second-order valence-electron chi connectivity index (χ2n) is 8.86. The number of hydrogen-bond donors (Lipinski definition) is 1. The first kappa shape index (κ1) is 21.0. The van der Waals surface area contributed by atoms with Crippen LogP contribution >= 0.6 is 12.4 Å². The highest BCUT2D eigenvalue weighted by Gasteiger charge is 2.39. The first-order chi connectivity index (χ1) is 14.0. The first-order valence-electron chi connectivity index (χ1n) is 10.7. The van der Waals surface area contributed by atoms with Gasteiger partial charge in [0.2, 0.25) is 0 Å². The van der Waals surface area contributed by atoms with Crippen LogP contribution in [0.15, 0.2) is 48.5 Å². The van der Waals surface area contributed by atoms with E-state index in [1.807, 2.05) is 18.2 Å². The van der Waals surface area contributed by atoms with Crippen molar-refractivity contribution in [2.24, 2.45) is 7.05 Å². The van der Waals surface area contributed by atoms with E-state index in [1.165, 1.54) is 18.4 Å². The molecular formula is C25H30ClN3O. The van der Waals surface area contributed by atoms with Crippen LogP contribution in [0.5, 0.6) is 0 Å². The van der Waals surface area contributed by atoms with Crippen molar-refractivity contribution < 1.29 is 4.79 Å². The average Bonchev–Trinajstić information content (AvgIpc) is 3.10. The minimum Gasteiger partial charge on any atom is -0.349 e. The summed E-state index contributed by atoms with van der Waals surface area (Å²) >= 11 is 0. The molecule has 3 aromatic rings. The number of benzene rings is 2. The first-order valence-corrected chi connectivity index (χ1v) is 10.7. The van der Waals surface area contributed by atoms with Gasteiger partial charge in [0.25, 0.3) is 5.91 Å². The van der Waals surface area contributed by atoms with Gasteiger partial charge >= 0.3 is 0 Å². The normalized spacial score (nSPS) is 23.4. The second kappa shape index (κ2) is 8.09. The van der Waals surface area contributed by atoms with Gasteiger partial charge in [-0.3, -0.25) is 4.79 Å². The summed E-state index contributed by atoms with van der Waals surface area (Å²) in [6.07, 6.45) is 4.64. The zero-order chi connectivity index (χ0) is 20.1. The fourth-order valence-electron chi connectivity index (χ4n) is 5.50. The van der Waals surface area contributed by atoms with E-state index in [4.69, 9.17) is 0 Å². The molecule has 158 valence electrons. The van der Waals surface area contributed by atoms with Crippen LogP contribution in [0.3, 0.4) is 0 Å². The Labute approximate surface area is 184 Å². The molecule has 30 heavy (non-hydrogen) atoms. The number of carbonyl (C=O) groups is 1. The Bertz CT molecular complexity index is 1060. The van der Waals surface area contributed by atoms with Crippen molar-refractivity contribution in [2.45, 2.75) is 50.7 Å². The van der Waals surface area contributed by atoms with Gasteiger partial charge in [0.05, 0.1) is 11.3 Å². The summed E-state index contributed by atoms with van der Waals surface area (Å²) in [7, 11) is 4.30. The van der Waals surface area contributed by atoms with Crippen LogP contribution in [-0.4, -0.2) is 40.5 Å². The van der Waals surface area contributed by atoms with Gasteiger partial charge in [-0.25, -0.2) is 0 Å². The molecule has 2 aromatic carbocycles. The Morgan fingerprint density at radius 2 is 1.67 bits per heavy atom. The van der Waals surface area contributed by atoms with Gasteiger partial charge in [-0.2, -0.15) is 0 Å². The zero-order valence-electron chi connectivity index (χ0n) is 17.9. The van der Waals surface area contributed by atoms with Gasteiger partial charge in [0.15, 0.2) is 0 Å². The van der Waals surface area contributed by atoms with Crippen LogP contribution in [0.25, 0.3) is 22.2 Å². The molecule has 4 nitrogen and oxygen atoms in total. The molecule has 0 aliphatic carbocycles. The third-order valence-electron chi connectivity index (χ3n) is 7.06. The lowest BCUT2D eigenvalue weighted by Crippen LogP contribution is -2.48. The van der Waals surface area contributed by atoms with Crippen molar-refractivity contribution in [3.63, 3.8) is 0 Å². The number of amides is 1. The number of hydrogen-bond acceptors (Lipinski definition) is 2. The van der Waals surface area contributed by atoms with Crippen molar-refractivity contribution in [1.82, 2.24) is 14.8 Å².